The van der Waals surface area contributed by atoms with Crippen molar-refractivity contribution < 1.29 is 9.59 Å². The van der Waals surface area contributed by atoms with Crippen molar-refractivity contribution in [3.63, 3.8) is 0 Å². The van der Waals surface area contributed by atoms with E-state index < -0.39 is 28.4 Å². The van der Waals surface area contributed by atoms with Gasteiger partial charge in [-0.2, -0.15) is 9.78 Å². The Bertz CT molecular complexity index is 1420. The third kappa shape index (κ3) is 2.94. The average molecular weight is 401 g/mol. The molecule has 2 aromatic carbocycles. The summed E-state index contributed by atoms with van der Waals surface area (Å²) in [6.07, 6.45) is 0. The molecule has 4 aromatic rings. The Balaban J connectivity index is 2.09. The molecule has 0 saturated heterocycles. The van der Waals surface area contributed by atoms with Crippen LogP contribution in [0.1, 0.15) is 26.3 Å². The van der Waals surface area contributed by atoms with Crippen LogP contribution in [0.25, 0.3) is 16.7 Å². The maximum atomic E-state index is 12.9. The van der Waals surface area contributed by atoms with Crippen LogP contribution in [0.2, 0.25) is 0 Å². The van der Waals surface area contributed by atoms with Crippen molar-refractivity contribution >= 4 is 28.4 Å². The molecule has 4 rings (SSSR count). The van der Waals surface area contributed by atoms with E-state index in [0.29, 0.717) is 5.69 Å². The Hall–Kier alpha value is -4.53. The molecule has 148 valence electrons. The molecule has 0 spiro atoms. The molecular formula is C21H15N5O4. The quantitative estimate of drug-likeness (QED) is 0.433. The third-order valence-corrected chi connectivity index (χ3v) is 4.59. The number of nitrogens with zero attached hydrogens (tertiary/aromatic N) is 2. The highest BCUT2D eigenvalue weighted by molar-refractivity contribution is 6.16. The lowest BCUT2D eigenvalue weighted by molar-refractivity contribution is 0.0998. The number of anilines is 1. The van der Waals surface area contributed by atoms with Crippen LogP contribution >= 0.6 is 0 Å². The molecule has 0 radical (unpaired) electrons. The summed E-state index contributed by atoms with van der Waals surface area (Å²) in [5.41, 5.74) is 9.11. The van der Waals surface area contributed by atoms with Crippen LogP contribution < -0.4 is 22.6 Å². The zero-order valence-corrected chi connectivity index (χ0v) is 15.5. The first-order valence-electron chi connectivity index (χ1n) is 8.84. The van der Waals surface area contributed by atoms with E-state index in [1.54, 1.807) is 60.7 Å². The average Bonchev–Trinajstić information content (AvgIpc) is 2.74. The summed E-state index contributed by atoms with van der Waals surface area (Å²) in [6, 6.07) is 16.4. The number of benzene rings is 2. The minimum absolute atomic E-state index is 0.0915. The highest BCUT2D eigenvalue weighted by Crippen LogP contribution is 2.22. The van der Waals surface area contributed by atoms with Crippen LogP contribution in [0.15, 0.2) is 70.3 Å². The van der Waals surface area contributed by atoms with Crippen molar-refractivity contribution in [1.82, 2.24) is 14.8 Å². The zero-order valence-electron chi connectivity index (χ0n) is 15.5. The largest absolute Gasteiger partial charge is 0.396 e. The first-order chi connectivity index (χ1) is 14.4. The van der Waals surface area contributed by atoms with E-state index in [9.17, 15) is 19.2 Å². The number of nitrogens with one attached hydrogen (secondary N) is 1. The molecule has 0 aliphatic heterocycles. The van der Waals surface area contributed by atoms with E-state index in [-0.39, 0.29) is 27.8 Å². The lowest BCUT2D eigenvalue weighted by atomic mass is 10.0. The summed E-state index contributed by atoms with van der Waals surface area (Å²) in [4.78, 5) is 52.8. The minimum Gasteiger partial charge on any atom is -0.396 e. The number of primary amides is 1. The number of nitrogen functional groups attached to an aromatic ring is 1. The van der Waals surface area contributed by atoms with Gasteiger partial charge in [-0.1, -0.05) is 48.5 Å². The number of nitrogens with two attached hydrogens (primary N) is 2. The van der Waals surface area contributed by atoms with Gasteiger partial charge in [0, 0.05) is 5.56 Å². The second-order valence-corrected chi connectivity index (χ2v) is 6.45. The Labute approximate surface area is 168 Å². The van der Waals surface area contributed by atoms with Gasteiger partial charge in [0.15, 0.2) is 0 Å². The molecule has 2 aromatic heterocycles. The van der Waals surface area contributed by atoms with Crippen molar-refractivity contribution in [1.29, 1.82) is 0 Å². The minimum atomic E-state index is -1.06. The summed E-state index contributed by atoms with van der Waals surface area (Å²) in [7, 11) is 0. The number of amides is 1. The molecule has 0 bridgehead atoms. The van der Waals surface area contributed by atoms with Gasteiger partial charge in [0.1, 0.15) is 16.6 Å². The van der Waals surface area contributed by atoms with E-state index in [1.165, 1.54) is 0 Å². The van der Waals surface area contributed by atoms with Crippen LogP contribution in [-0.2, 0) is 0 Å². The van der Waals surface area contributed by atoms with Crippen LogP contribution in [0.3, 0.4) is 0 Å². The number of aromatic amines is 1. The number of carbonyl (C=O) groups excluding carboxylic acids is 2. The molecule has 0 atom stereocenters. The van der Waals surface area contributed by atoms with Crippen molar-refractivity contribution in [3.8, 4) is 5.69 Å². The molecule has 9 heteroatoms. The molecular weight excluding hydrogens is 386 g/mol. The summed E-state index contributed by atoms with van der Waals surface area (Å²) in [5.74, 6) is -1.68. The second-order valence-electron chi connectivity index (χ2n) is 6.45. The molecule has 9 nitrogen and oxygen atoms in total. The van der Waals surface area contributed by atoms with E-state index in [1.807, 2.05) is 0 Å². The van der Waals surface area contributed by atoms with Crippen LogP contribution in [0.5, 0.6) is 0 Å². The number of carbonyl (C=O) groups is 2. The lowest BCUT2D eigenvalue weighted by Crippen LogP contribution is -2.33. The van der Waals surface area contributed by atoms with Crippen molar-refractivity contribution in [2.45, 2.75) is 0 Å². The molecule has 30 heavy (non-hydrogen) atoms. The molecule has 5 N–H and O–H groups in total. The van der Waals surface area contributed by atoms with Gasteiger partial charge >= 0.3 is 0 Å². The molecule has 0 fully saturated rings. The number of pyridine rings is 1. The first-order valence-corrected chi connectivity index (χ1v) is 8.84. The van der Waals surface area contributed by atoms with E-state index in [0.717, 1.165) is 4.68 Å². The van der Waals surface area contributed by atoms with Crippen LogP contribution in [-0.4, -0.2) is 26.5 Å². The van der Waals surface area contributed by atoms with Crippen LogP contribution in [0, 0.1) is 0 Å². The fraction of sp³-hybridized carbons (Fsp3) is 0. The number of fused-ring (bicyclic) bond motifs is 1. The topological polar surface area (TPSA) is 154 Å². The highest BCUT2D eigenvalue weighted by Gasteiger charge is 2.25. The predicted molar refractivity (Wildman–Crippen MR) is 111 cm³/mol. The molecule has 0 aliphatic carbocycles. The monoisotopic (exact) mass is 401 g/mol. The maximum absolute atomic E-state index is 12.9. The van der Waals surface area contributed by atoms with Crippen molar-refractivity contribution in [3.05, 3.63) is 98.1 Å². The highest BCUT2D eigenvalue weighted by atomic mass is 16.2. The lowest BCUT2D eigenvalue weighted by Gasteiger charge is -2.12. The number of aromatic nitrogens is 3. The van der Waals surface area contributed by atoms with Crippen molar-refractivity contribution in [2.75, 3.05) is 5.73 Å². The molecule has 0 aliphatic rings. The van der Waals surface area contributed by atoms with Gasteiger partial charge < -0.3 is 16.5 Å². The molecule has 1 amide bonds. The number of hydrogen-bond donors (Lipinski definition) is 3. The normalized spacial score (nSPS) is 10.8. The molecule has 2 heterocycles. The zero-order chi connectivity index (χ0) is 21.4. The number of para-hydroxylation sites is 1. The second kappa shape index (κ2) is 7.13. The summed E-state index contributed by atoms with van der Waals surface area (Å²) >= 11 is 0. The standard InChI is InChI=1S/C21H15N5O4/c22-15-13(18(27)11-7-3-1-4-8-11)20(29)24-16-14(19(23)28)21(30)26(25-17(15)16)12-9-5-2-6-10-12/h1-10H,22H2,(H2,23,28)(H,24,29). The van der Waals surface area contributed by atoms with Gasteiger partial charge in [0.05, 0.1) is 16.9 Å². The van der Waals surface area contributed by atoms with Gasteiger partial charge in [-0.25, -0.2) is 0 Å². The number of H-pyrrole nitrogens is 1. The predicted octanol–water partition coefficient (Wildman–Crippen LogP) is 0.986. The summed E-state index contributed by atoms with van der Waals surface area (Å²) in [5, 5.41) is 4.21. The van der Waals surface area contributed by atoms with E-state index in [4.69, 9.17) is 11.5 Å². The Morgan fingerprint density at radius 2 is 1.50 bits per heavy atom. The first kappa shape index (κ1) is 18.8. The summed E-state index contributed by atoms with van der Waals surface area (Å²) in [6.45, 7) is 0. The Morgan fingerprint density at radius 1 is 0.900 bits per heavy atom. The molecule has 0 saturated carbocycles. The number of rotatable bonds is 4. The van der Waals surface area contributed by atoms with Gasteiger partial charge in [-0.3, -0.25) is 19.2 Å². The van der Waals surface area contributed by atoms with Gasteiger partial charge in [-0.05, 0) is 12.1 Å². The van der Waals surface area contributed by atoms with Crippen molar-refractivity contribution in [2.24, 2.45) is 5.73 Å². The van der Waals surface area contributed by atoms with Gasteiger partial charge in [0.25, 0.3) is 17.0 Å². The number of hydrogen-bond acceptors (Lipinski definition) is 6. The van der Waals surface area contributed by atoms with Crippen LogP contribution in [0.4, 0.5) is 5.69 Å². The Kier molecular flexibility index (Phi) is 4.47. The fourth-order valence-corrected chi connectivity index (χ4v) is 3.19. The fourth-order valence-electron chi connectivity index (χ4n) is 3.19. The smallest absolute Gasteiger partial charge is 0.286 e. The molecule has 0 unspecified atom stereocenters. The maximum Gasteiger partial charge on any atom is 0.286 e. The number of ketones is 1. The van der Waals surface area contributed by atoms with Gasteiger partial charge in [-0.15, -0.1) is 0 Å². The van der Waals surface area contributed by atoms with Gasteiger partial charge in [0.2, 0.25) is 5.78 Å². The SMILES string of the molecule is NC(=O)c1c(=O)n(-c2ccccc2)nc2c(N)c(C(=O)c3ccccc3)c(=O)[nH]c12. The van der Waals surface area contributed by atoms with E-state index >= 15 is 0 Å². The van der Waals surface area contributed by atoms with E-state index in [2.05, 4.69) is 10.1 Å². The third-order valence-electron chi connectivity index (χ3n) is 4.59. The summed E-state index contributed by atoms with van der Waals surface area (Å²) < 4.78 is 0.952. The Morgan fingerprint density at radius 3 is 2.10 bits per heavy atom.